The maximum atomic E-state index is 13.2. The van der Waals surface area contributed by atoms with Crippen LogP contribution in [0.5, 0.6) is 0 Å². The summed E-state index contributed by atoms with van der Waals surface area (Å²) in [7, 11) is 0. The Morgan fingerprint density at radius 1 is 1.39 bits per heavy atom. The molecule has 1 aromatic heterocycles. The summed E-state index contributed by atoms with van der Waals surface area (Å²) in [4.78, 5) is 17.7. The van der Waals surface area contributed by atoms with Crippen LogP contribution in [0.15, 0.2) is 36.5 Å². The molecule has 0 spiro atoms. The molecule has 1 fully saturated rings. The summed E-state index contributed by atoms with van der Waals surface area (Å²) in [5.74, 6) is 0.399. The molecule has 3 rings (SSSR count). The summed E-state index contributed by atoms with van der Waals surface area (Å²) < 4.78 is 19.0. The van der Waals surface area contributed by atoms with Crippen molar-refractivity contribution in [3.63, 3.8) is 0 Å². The van der Waals surface area contributed by atoms with Crippen LogP contribution in [0.1, 0.15) is 28.9 Å². The van der Waals surface area contributed by atoms with Crippen molar-refractivity contribution in [1.82, 2.24) is 4.98 Å². The number of ketones is 1. The number of rotatable bonds is 3. The van der Waals surface area contributed by atoms with Gasteiger partial charge in [0.25, 0.3) is 0 Å². The van der Waals surface area contributed by atoms with E-state index in [1.165, 1.54) is 19.1 Å². The van der Waals surface area contributed by atoms with Crippen LogP contribution in [0, 0.1) is 5.82 Å². The van der Waals surface area contributed by atoms with Gasteiger partial charge < -0.3 is 9.64 Å². The molecule has 2 heterocycles. The lowest BCUT2D eigenvalue weighted by Gasteiger charge is -2.34. The van der Waals surface area contributed by atoms with Gasteiger partial charge in [0.2, 0.25) is 0 Å². The first kappa shape index (κ1) is 15.9. The van der Waals surface area contributed by atoms with E-state index in [9.17, 15) is 9.18 Å². The normalized spacial score (nSPS) is 18.0. The molecule has 23 heavy (non-hydrogen) atoms. The molecule has 2 aromatic rings. The number of pyridine rings is 1. The minimum atomic E-state index is -0.368. The van der Waals surface area contributed by atoms with Crippen molar-refractivity contribution in [1.29, 1.82) is 0 Å². The first-order valence-corrected chi connectivity index (χ1v) is 7.71. The zero-order valence-electron chi connectivity index (χ0n) is 12.6. The second-order valence-electron chi connectivity index (χ2n) is 5.43. The number of aromatic nitrogens is 1. The zero-order valence-corrected chi connectivity index (χ0v) is 13.4. The average Bonchev–Trinajstić information content (AvgIpc) is 2.55. The van der Waals surface area contributed by atoms with Crippen molar-refractivity contribution in [3.8, 4) is 0 Å². The van der Waals surface area contributed by atoms with Crippen molar-refractivity contribution in [2.24, 2.45) is 0 Å². The monoisotopic (exact) mass is 334 g/mol. The van der Waals surface area contributed by atoms with E-state index in [2.05, 4.69) is 9.88 Å². The molecule has 120 valence electrons. The van der Waals surface area contributed by atoms with Crippen LogP contribution >= 0.6 is 11.6 Å². The summed E-state index contributed by atoms with van der Waals surface area (Å²) in [5, 5.41) is 0.358. The van der Waals surface area contributed by atoms with Crippen LogP contribution in [0.25, 0.3) is 0 Å². The quantitative estimate of drug-likeness (QED) is 0.803. The fourth-order valence-electron chi connectivity index (χ4n) is 2.59. The van der Waals surface area contributed by atoms with Crippen LogP contribution in [0.3, 0.4) is 0 Å². The number of ether oxygens (including phenoxy) is 1. The zero-order chi connectivity index (χ0) is 16.4. The van der Waals surface area contributed by atoms with E-state index >= 15 is 0 Å². The summed E-state index contributed by atoms with van der Waals surface area (Å²) in [5.41, 5.74) is 1.35. The van der Waals surface area contributed by atoms with Gasteiger partial charge in [-0.1, -0.05) is 17.7 Å². The van der Waals surface area contributed by atoms with Crippen LogP contribution in [-0.4, -0.2) is 30.5 Å². The largest absolute Gasteiger partial charge is 0.370 e. The molecule has 6 heteroatoms. The molecule has 0 N–H and O–H groups in total. The van der Waals surface area contributed by atoms with Gasteiger partial charge in [-0.15, -0.1) is 0 Å². The van der Waals surface area contributed by atoms with Crippen molar-refractivity contribution >= 4 is 23.2 Å². The molecule has 0 bridgehead atoms. The van der Waals surface area contributed by atoms with Crippen LogP contribution in [0.4, 0.5) is 10.2 Å². The Morgan fingerprint density at radius 3 is 2.87 bits per heavy atom. The summed E-state index contributed by atoms with van der Waals surface area (Å²) in [6.45, 7) is 3.30. The topological polar surface area (TPSA) is 42.4 Å². The number of halogens is 2. The molecule has 1 atom stereocenters. The lowest BCUT2D eigenvalue weighted by molar-refractivity contribution is 0.0395. The van der Waals surface area contributed by atoms with Crippen molar-refractivity contribution in [3.05, 3.63) is 58.5 Å². The first-order valence-electron chi connectivity index (χ1n) is 7.33. The number of carbonyl (C=O) groups excluding carboxylic acids is 1. The minimum absolute atomic E-state index is 0.0120. The van der Waals surface area contributed by atoms with Crippen LogP contribution < -0.4 is 4.90 Å². The lowest BCUT2D eigenvalue weighted by atomic mass is 10.1. The molecule has 0 radical (unpaired) electrons. The van der Waals surface area contributed by atoms with Crippen molar-refractivity contribution in [2.45, 2.75) is 13.0 Å². The van der Waals surface area contributed by atoms with E-state index in [4.69, 9.17) is 16.3 Å². The molecule has 1 aromatic carbocycles. The maximum absolute atomic E-state index is 13.2. The third-order valence-corrected chi connectivity index (χ3v) is 4.18. The molecule has 4 nitrogen and oxygen atoms in total. The number of carbonyl (C=O) groups is 1. The Morgan fingerprint density at radius 2 is 2.22 bits per heavy atom. The Balaban J connectivity index is 1.79. The third-order valence-electron chi connectivity index (χ3n) is 3.85. The number of nitrogens with zero attached hydrogens (tertiary/aromatic N) is 2. The first-order chi connectivity index (χ1) is 11.0. The maximum Gasteiger partial charge on any atom is 0.161 e. The summed E-state index contributed by atoms with van der Waals surface area (Å²) in [6.07, 6.45) is 1.33. The van der Waals surface area contributed by atoms with Gasteiger partial charge >= 0.3 is 0 Å². The molecule has 1 unspecified atom stereocenters. The van der Waals surface area contributed by atoms with Gasteiger partial charge in [-0.05, 0) is 31.2 Å². The number of morpholine rings is 1. The van der Waals surface area contributed by atoms with E-state index in [1.807, 2.05) is 6.07 Å². The number of anilines is 1. The number of Topliss-reactive ketones (excluding diaryl/α,β-unsaturated/α-hetero) is 1. The summed E-state index contributed by atoms with van der Waals surface area (Å²) in [6, 6.07) is 7.91. The Labute approximate surface area is 138 Å². The van der Waals surface area contributed by atoms with E-state index in [0.29, 0.717) is 30.3 Å². The van der Waals surface area contributed by atoms with Crippen LogP contribution in [-0.2, 0) is 4.74 Å². The van der Waals surface area contributed by atoms with Gasteiger partial charge in [0.05, 0.1) is 6.61 Å². The molecule has 1 aliphatic rings. The molecule has 0 saturated carbocycles. The molecule has 1 aliphatic heterocycles. The predicted molar refractivity (Wildman–Crippen MR) is 86.6 cm³/mol. The minimum Gasteiger partial charge on any atom is -0.370 e. The number of hydrogen-bond donors (Lipinski definition) is 0. The average molecular weight is 335 g/mol. The molecule has 0 amide bonds. The number of hydrogen-bond acceptors (Lipinski definition) is 4. The smallest absolute Gasteiger partial charge is 0.161 e. The van der Waals surface area contributed by atoms with Gasteiger partial charge in [-0.3, -0.25) is 4.79 Å². The Kier molecular flexibility index (Phi) is 4.59. The predicted octanol–water partition coefficient (Wildman–Crippen LogP) is 3.65. The van der Waals surface area contributed by atoms with Gasteiger partial charge in [0.15, 0.2) is 5.78 Å². The lowest BCUT2D eigenvalue weighted by Crippen LogP contribution is -2.39. The van der Waals surface area contributed by atoms with E-state index in [-0.39, 0.29) is 17.7 Å². The standard InChI is InChI=1S/C17H16ClFN2O2/c1-11(22)12-2-5-17(20-9-12)21-6-7-23-16(10-21)14-4-3-13(19)8-15(14)18/h2-5,8-9,16H,6-7,10H2,1H3. The highest BCUT2D eigenvalue weighted by molar-refractivity contribution is 6.31. The fourth-order valence-corrected chi connectivity index (χ4v) is 2.88. The number of benzene rings is 1. The molecule has 0 aliphatic carbocycles. The molecule has 1 saturated heterocycles. The highest BCUT2D eigenvalue weighted by Crippen LogP contribution is 2.30. The van der Waals surface area contributed by atoms with Crippen molar-refractivity contribution < 1.29 is 13.9 Å². The molecular formula is C17H16ClFN2O2. The SMILES string of the molecule is CC(=O)c1ccc(N2CCOC(c3ccc(F)cc3Cl)C2)nc1. The van der Waals surface area contributed by atoms with E-state index in [1.54, 1.807) is 18.3 Å². The van der Waals surface area contributed by atoms with Crippen molar-refractivity contribution in [2.75, 3.05) is 24.6 Å². The van der Waals surface area contributed by atoms with Gasteiger partial charge in [-0.2, -0.15) is 0 Å². The highest BCUT2D eigenvalue weighted by atomic mass is 35.5. The second kappa shape index (κ2) is 6.64. The van der Waals surface area contributed by atoms with E-state index in [0.717, 1.165) is 11.4 Å². The Hall–Kier alpha value is -1.98. The van der Waals surface area contributed by atoms with Gasteiger partial charge in [0, 0.05) is 35.4 Å². The Bertz CT molecular complexity index is 721. The fraction of sp³-hybridized carbons (Fsp3) is 0.294. The second-order valence-corrected chi connectivity index (χ2v) is 5.84. The van der Waals surface area contributed by atoms with Gasteiger partial charge in [-0.25, -0.2) is 9.37 Å². The highest BCUT2D eigenvalue weighted by Gasteiger charge is 2.24. The van der Waals surface area contributed by atoms with Crippen LogP contribution in [0.2, 0.25) is 5.02 Å². The third kappa shape index (κ3) is 3.51. The van der Waals surface area contributed by atoms with Gasteiger partial charge in [0.1, 0.15) is 17.7 Å². The summed E-state index contributed by atoms with van der Waals surface area (Å²) >= 11 is 6.12. The molecular weight excluding hydrogens is 319 g/mol. The van der Waals surface area contributed by atoms with E-state index < -0.39 is 0 Å².